The van der Waals surface area contributed by atoms with E-state index in [1.807, 2.05) is 6.92 Å². The summed E-state index contributed by atoms with van der Waals surface area (Å²) in [5.74, 6) is -0.790. The Morgan fingerprint density at radius 1 is 1.46 bits per heavy atom. The van der Waals surface area contributed by atoms with E-state index in [9.17, 15) is 9.59 Å². The van der Waals surface area contributed by atoms with Gasteiger partial charge in [0.25, 0.3) is 0 Å². The lowest BCUT2D eigenvalue weighted by Crippen LogP contribution is -2.35. The van der Waals surface area contributed by atoms with Gasteiger partial charge in [0.1, 0.15) is 6.54 Å². The number of nitrogens with one attached hydrogen (secondary N) is 1. The van der Waals surface area contributed by atoms with E-state index in [1.165, 1.54) is 0 Å². The molecular formula is C7H15ClN2O3. The highest BCUT2D eigenvalue weighted by Gasteiger charge is 2.03. The van der Waals surface area contributed by atoms with E-state index < -0.39 is 5.97 Å². The van der Waals surface area contributed by atoms with Crippen molar-refractivity contribution in [1.82, 2.24) is 5.32 Å². The monoisotopic (exact) mass is 210 g/mol. The average molecular weight is 211 g/mol. The van der Waals surface area contributed by atoms with Crippen LogP contribution in [-0.4, -0.2) is 31.6 Å². The normalized spacial score (nSPS) is 8.46. The van der Waals surface area contributed by atoms with Crippen LogP contribution in [0, 0.1) is 0 Å². The van der Waals surface area contributed by atoms with Crippen LogP contribution in [0.2, 0.25) is 0 Å². The third-order valence-corrected chi connectivity index (χ3v) is 1.08. The number of hydrogen-bond acceptors (Lipinski definition) is 4. The summed E-state index contributed by atoms with van der Waals surface area (Å²) in [5.41, 5.74) is 4.99. The van der Waals surface area contributed by atoms with Crippen LogP contribution < -0.4 is 11.1 Å². The zero-order chi connectivity index (χ0) is 9.40. The van der Waals surface area contributed by atoms with Gasteiger partial charge in [0.15, 0.2) is 0 Å². The van der Waals surface area contributed by atoms with Crippen LogP contribution in [0.25, 0.3) is 0 Å². The maximum Gasteiger partial charge on any atom is 0.325 e. The molecule has 13 heavy (non-hydrogen) atoms. The number of amides is 1. The van der Waals surface area contributed by atoms with Crippen molar-refractivity contribution in [3.05, 3.63) is 0 Å². The average Bonchev–Trinajstić information content (AvgIpc) is 2.10. The molecule has 5 nitrogen and oxygen atoms in total. The number of rotatable bonds is 5. The largest absolute Gasteiger partial charge is 0.464 e. The maximum atomic E-state index is 10.7. The van der Waals surface area contributed by atoms with Crippen LogP contribution in [0.3, 0.4) is 0 Å². The quantitative estimate of drug-likeness (QED) is 0.596. The zero-order valence-electron chi connectivity index (χ0n) is 7.54. The van der Waals surface area contributed by atoms with Gasteiger partial charge in [0, 0.05) is 0 Å². The number of hydrogen-bond donors (Lipinski definition) is 2. The van der Waals surface area contributed by atoms with E-state index >= 15 is 0 Å². The van der Waals surface area contributed by atoms with Crippen molar-refractivity contribution in [2.75, 3.05) is 19.7 Å². The second kappa shape index (κ2) is 9.28. The highest BCUT2D eigenvalue weighted by molar-refractivity contribution is 5.85. The van der Waals surface area contributed by atoms with Gasteiger partial charge in [-0.15, -0.1) is 12.4 Å². The van der Waals surface area contributed by atoms with E-state index in [4.69, 9.17) is 10.5 Å². The molecule has 78 valence electrons. The van der Waals surface area contributed by atoms with Gasteiger partial charge in [-0.1, -0.05) is 6.92 Å². The summed E-state index contributed by atoms with van der Waals surface area (Å²) < 4.78 is 4.69. The Kier molecular flexibility index (Phi) is 10.5. The molecule has 0 saturated carbocycles. The summed E-state index contributed by atoms with van der Waals surface area (Å²) in [7, 11) is 0. The molecule has 0 aliphatic carbocycles. The summed E-state index contributed by atoms with van der Waals surface area (Å²) in [4.78, 5) is 21.3. The maximum absolute atomic E-state index is 10.7. The summed E-state index contributed by atoms with van der Waals surface area (Å²) in [6.07, 6.45) is 0.774. The molecular weight excluding hydrogens is 196 g/mol. The van der Waals surface area contributed by atoms with Crippen molar-refractivity contribution in [3.8, 4) is 0 Å². The lowest BCUT2D eigenvalue weighted by atomic mass is 10.5. The molecule has 0 radical (unpaired) electrons. The molecule has 0 spiro atoms. The van der Waals surface area contributed by atoms with Crippen molar-refractivity contribution >= 4 is 24.3 Å². The van der Waals surface area contributed by atoms with Crippen molar-refractivity contribution in [2.45, 2.75) is 13.3 Å². The Morgan fingerprint density at radius 3 is 2.54 bits per heavy atom. The first-order valence-electron chi connectivity index (χ1n) is 3.83. The van der Waals surface area contributed by atoms with Crippen LogP contribution in [0.15, 0.2) is 0 Å². The summed E-state index contributed by atoms with van der Waals surface area (Å²) in [6, 6.07) is 0. The number of carbonyl (C=O) groups excluding carboxylic acids is 2. The fourth-order valence-corrected chi connectivity index (χ4v) is 0.510. The van der Waals surface area contributed by atoms with Crippen molar-refractivity contribution in [2.24, 2.45) is 5.73 Å². The predicted octanol–water partition coefficient (Wildman–Crippen LogP) is -0.564. The molecule has 0 bridgehead atoms. The number of nitrogens with two attached hydrogens (primary N) is 1. The molecule has 6 heteroatoms. The second-order valence-corrected chi connectivity index (χ2v) is 2.20. The molecule has 0 aromatic carbocycles. The molecule has 0 atom stereocenters. The highest BCUT2D eigenvalue weighted by atomic mass is 35.5. The molecule has 0 aliphatic heterocycles. The van der Waals surface area contributed by atoms with Crippen molar-refractivity contribution in [1.29, 1.82) is 0 Å². The van der Waals surface area contributed by atoms with Gasteiger partial charge in [0.05, 0.1) is 13.2 Å². The third-order valence-electron chi connectivity index (χ3n) is 1.08. The first-order valence-corrected chi connectivity index (χ1v) is 3.83. The number of ether oxygens (including phenoxy) is 1. The van der Waals surface area contributed by atoms with E-state index in [0.29, 0.717) is 6.61 Å². The number of halogens is 1. The van der Waals surface area contributed by atoms with Gasteiger partial charge in [-0.3, -0.25) is 9.59 Å². The minimum absolute atomic E-state index is 0. The molecule has 0 heterocycles. The van der Waals surface area contributed by atoms with Crippen LogP contribution >= 0.6 is 12.4 Å². The first-order chi connectivity index (χ1) is 5.70. The number of carbonyl (C=O) groups is 2. The van der Waals surface area contributed by atoms with E-state index in [1.54, 1.807) is 0 Å². The van der Waals surface area contributed by atoms with Crippen molar-refractivity contribution in [3.63, 3.8) is 0 Å². The Labute approximate surface area is 83.4 Å². The summed E-state index contributed by atoms with van der Waals surface area (Å²) in [5, 5.41) is 2.30. The van der Waals surface area contributed by atoms with Gasteiger partial charge in [0.2, 0.25) is 5.91 Å². The highest BCUT2D eigenvalue weighted by Crippen LogP contribution is 1.80. The number of esters is 1. The van der Waals surface area contributed by atoms with Crippen molar-refractivity contribution < 1.29 is 14.3 Å². The Bertz CT molecular complexity index is 164. The molecule has 0 aromatic heterocycles. The Morgan fingerprint density at radius 2 is 2.08 bits per heavy atom. The molecule has 0 saturated heterocycles. The summed E-state index contributed by atoms with van der Waals surface area (Å²) in [6.45, 7) is 2.07. The molecule has 0 aliphatic rings. The van der Waals surface area contributed by atoms with Gasteiger partial charge in [-0.05, 0) is 6.42 Å². The topological polar surface area (TPSA) is 81.4 Å². The molecule has 0 unspecified atom stereocenters. The van der Waals surface area contributed by atoms with Gasteiger partial charge in [-0.25, -0.2) is 0 Å². The van der Waals surface area contributed by atoms with Crippen LogP contribution in [0.4, 0.5) is 0 Å². The Hall–Kier alpha value is -0.810. The standard InChI is InChI=1S/C7H14N2O3.ClH/c1-2-3-12-7(11)5-9-6(10)4-8;/h2-5,8H2,1H3,(H,9,10);1H. The van der Waals surface area contributed by atoms with Gasteiger partial charge < -0.3 is 15.8 Å². The lowest BCUT2D eigenvalue weighted by molar-refractivity contribution is -0.143. The van der Waals surface area contributed by atoms with E-state index in [-0.39, 0.29) is 31.4 Å². The predicted molar refractivity (Wildman–Crippen MR) is 50.6 cm³/mol. The smallest absolute Gasteiger partial charge is 0.325 e. The van der Waals surface area contributed by atoms with Gasteiger partial charge in [-0.2, -0.15) is 0 Å². The first kappa shape index (κ1) is 14.7. The minimum Gasteiger partial charge on any atom is -0.464 e. The van der Waals surface area contributed by atoms with Gasteiger partial charge >= 0.3 is 5.97 Å². The SMILES string of the molecule is CCCOC(=O)CNC(=O)CN.Cl. The van der Waals surface area contributed by atoms with Crippen LogP contribution in [-0.2, 0) is 14.3 Å². The van der Waals surface area contributed by atoms with E-state index in [2.05, 4.69) is 5.32 Å². The summed E-state index contributed by atoms with van der Waals surface area (Å²) >= 11 is 0. The molecule has 1 amide bonds. The molecule has 0 fully saturated rings. The lowest BCUT2D eigenvalue weighted by Gasteiger charge is -2.03. The Balaban J connectivity index is 0. The second-order valence-electron chi connectivity index (χ2n) is 2.20. The zero-order valence-corrected chi connectivity index (χ0v) is 8.36. The van der Waals surface area contributed by atoms with Crippen LogP contribution in [0.1, 0.15) is 13.3 Å². The minimum atomic E-state index is -0.432. The fourth-order valence-electron chi connectivity index (χ4n) is 0.510. The molecule has 3 N–H and O–H groups in total. The van der Waals surface area contributed by atoms with Crippen LogP contribution in [0.5, 0.6) is 0 Å². The fraction of sp³-hybridized carbons (Fsp3) is 0.714. The third kappa shape index (κ3) is 9.10. The van der Waals surface area contributed by atoms with E-state index in [0.717, 1.165) is 6.42 Å². The molecule has 0 rings (SSSR count). The molecule has 0 aromatic rings.